The second-order valence-electron chi connectivity index (χ2n) is 9.76. The second kappa shape index (κ2) is 16.0. The topological polar surface area (TPSA) is 132 Å². The Morgan fingerprint density at radius 3 is 2.25 bits per heavy atom. The standard InChI is InChI=1S/C28H36N6O4.2ClH/c1-20(22-13-9-6-10-14-22)33(4)25(35)16-34-15-24(30-19-34)32-26(36)23(31-27(37)28(2,3)29)18-38-17-21-11-7-5-8-12-21;;/h5-15,19-20,23H,16-18,29H2,1-4H3,(H,31,37)(H,32,36);2*1H/t20-,23+;;/m0../s1. The lowest BCUT2D eigenvalue weighted by atomic mass is 10.1. The highest BCUT2D eigenvalue weighted by Gasteiger charge is 2.28. The maximum atomic E-state index is 13.0. The van der Waals surface area contributed by atoms with Crippen molar-refractivity contribution >= 4 is 48.4 Å². The van der Waals surface area contributed by atoms with Crippen LogP contribution in [0.1, 0.15) is 37.9 Å². The van der Waals surface area contributed by atoms with E-state index in [-0.39, 0.29) is 62.3 Å². The SMILES string of the molecule is C[C@@H](c1ccccc1)N(C)C(=O)Cn1cnc(NC(=O)[C@@H](COCc2ccccc2)NC(=O)C(C)(C)N)c1.Cl.Cl. The van der Waals surface area contributed by atoms with Crippen molar-refractivity contribution in [3.05, 3.63) is 84.3 Å². The minimum Gasteiger partial charge on any atom is -0.374 e. The van der Waals surface area contributed by atoms with Gasteiger partial charge >= 0.3 is 0 Å². The van der Waals surface area contributed by atoms with Gasteiger partial charge in [-0.2, -0.15) is 0 Å². The number of aromatic nitrogens is 2. The van der Waals surface area contributed by atoms with E-state index < -0.39 is 23.4 Å². The van der Waals surface area contributed by atoms with Gasteiger partial charge in [0.05, 0.1) is 31.1 Å². The molecule has 0 spiro atoms. The van der Waals surface area contributed by atoms with Crippen LogP contribution >= 0.6 is 24.8 Å². The van der Waals surface area contributed by atoms with E-state index in [0.29, 0.717) is 0 Å². The molecular formula is C28H38Cl2N6O4. The molecule has 0 fully saturated rings. The van der Waals surface area contributed by atoms with E-state index >= 15 is 0 Å². The summed E-state index contributed by atoms with van der Waals surface area (Å²) in [5.74, 6) is -0.869. The van der Waals surface area contributed by atoms with E-state index in [1.54, 1.807) is 36.6 Å². The molecule has 0 bridgehead atoms. The number of likely N-dealkylation sites (N-methyl/N-ethyl adjacent to an activating group) is 1. The largest absolute Gasteiger partial charge is 0.374 e. The summed E-state index contributed by atoms with van der Waals surface area (Å²) in [6.45, 7) is 5.33. The van der Waals surface area contributed by atoms with Gasteiger partial charge in [-0.25, -0.2) is 4.98 Å². The molecule has 0 aliphatic carbocycles. The fourth-order valence-electron chi connectivity index (χ4n) is 3.56. The van der Waals surface area contributed by atoms with Crippen LogP contribution in [-0.2, 0) is 32.3 Å². The van der Waals surface area contributed by atoms with Crippen LogP contribution in [0.5, 0.6) is 0 Å². The molecule has 0 unspecified atom stereocenters. The molecular weight excluding hydrogens is 555 g/mol. The van der Waals surface area contributed by atoms with Crippen LogP contribution in [0.2, 0.25) is 0 Å². The third kappa shape index (κ3) is 10.3. The molecule has 3 aromatic rings. The number of nitrogens with two attached hydrogens (primary N) is 1. The van der Waals surface area contributed by atoms with E-state index in [1.807, 2.05) is 67.6 Å². The smallest absolute Gasteiger partial charge is 0.250 e. The average molecular weight is 594 g/mol. The summed E-state index contributed by atoms with van der Waals surface area (Å²) < 4.78 is 7.30. The van der Waals surface area contributed by atoms with Crippen molar-refractivity contribution in [3.8, 4) is 0 Å². The Hall–Kier alpha value is -3.44. The van der Waals surface area contributed by atoms with Crippen LogP contribution in [0.15, 0.2) is 73.2 Å². The summed E-state index contributed by atoms with van der Waals surface area (Å²) in [5, 5.41) is 5.34. The fraction of sp³-hybridized carbons (Fsp3) is 0.357. The molecule has 2 atom stereocenters. The zero-order valence-electron chi connectivity index (χ0n) is 23.1. The number of imidazole rings is 1. The van der Waals surface area contributed by atoms with Crippen LogP contribution in [-0.4, -0.2) is 57.4 Å². The van der Waals surface area contributed by atoms with Gasteiger partial charge in [-0.05, 0) is 31.9 Å². The number of hydrogen-bond donors (Lipinski definition) is 3. The van der Waals surface area contributed by atoms with Crippen LogP contribution in [0, 0.1) is 0 Å². The fourth-order valence-corrected chi connectivity index (χ4v) is 3.56. The molecule has 1 aromatic heterocycles. The summed E-state index contributed by atoms with van der Waals surface area (Å²) in [4.78, 5) is 44.2. The first-order valence-corrected chi connectivity index (χ1v) is 12.4. The molecule has 10 nitrogen and oxygen atoms in total. The van der Waals surface area contributed by atoms with Crippen molar-refractivity contribution in [2.24, 2.45) is 5.73 Å². The average Bonchev–Trinajstić information content (AvgIpc) is 3.33. The first kappa shape index (κ1) is 34.6. The number of benzene rings is 2. The molecule has 218 valence electrons. The first-order chi connectivity index (χ1) is 18.0. The van der Waals surface area contributed by atoms with E-state index in [4.69, 9.17) is 10.5 Å². The molecule has 3 rings (SSSR count). The Morgan fingerprint density at radius 2 is 1.65 bits per heavy atom. The lowest BCUT2D eigenvalue weighted by Crippen LogP contribution is -2.56. The number of anilines is 1. The number of nitrogens with zero attached hydrogens (tertiary/aromatic N) is 3. The van der Waals surface area contributed by atoms with Gasteiger partial charge in [-0.1, -0.05) is 60.7 Å². The summed E-state index contributed by atoms with van der Waals surface area (Å²) in [6.07, 6.45) is 3.03. The van der Waals surface area contributed by atoms with Gasteiger partial charge in [-0.15, -0.1) is 24.8 Å². The quantitative estimate of drug-likeness (QED) is 0.295. The number of rotatable bonds is 12. The Labute approximate surface area is 247 Å². The number of halogens is 2. The van der Waals surface area contributed by atoms with Gasteiger partial charge in [0.15, 0.2) is 5.82 Å². The van der Waals surface area contributed by atoms with E-state index in [9.17, 15) is 14.4 Å². The van der Waals surface area contributed by atoms with Crippen molar-refractivity contribution in [2.45, 2.75) is 51.5 Å². The molecule has 1 heterocycles. The lowest BCUT2D eigenvalue weighted by molar-refractivity contribution is -0.132. The van der Waals surface area contributed by atoms with Gasteiger partial charge in [0.1, 0.15) is 12.6 Å². The molecule has 0 saturated heterocycles. The van der Waals surface area contributed by atoms with Gasteiger partial charge in [0.25, 0.3) is 5.91 Å². The first-order valence-electron chi connectivity index (χ1n) is 12.4. The van der Waals surface area contributed by atoms with Crippen molar-refractivity contribution < 1.29 is 19.1 Å². The Balaban J connectivity index is 0.00000400. The summed E-state index contributed by atoms with van der Waals surface area (Å²) >= 11 is 0. The minimum atomic E-state index is -1.18. The van der Waals surface area contributed by atoms with E-state index in [0.717, 1.165) is 11.1 Å². The van der Waals surface area contributed by atoms with Crippen LogP contribution in [0.3, 0.4) is 0 Å². The highest BCUT2D eigenvalue weighted by molar-refractivity contribution is 5.98. The third-order valence-corrected chi connectivity index (χ3v) is 6.06. The molecule has 0 aliphatic rings. The Kier molecular flexibility index (Phi) is 13.8. The Bertz CT molecular complexity index is 1220. The molecule has 12 heteroatoms. The predicted molar refractivity (Wildman–Crippen MR) is 159 cm³/mol. The summed E-state index contributed by atoms with van der Waals surface area (Å²) in [7, 11) is 1.75. The molecule has 4 N–H and O–H groups in total. The normalized spacial score (nSPS) is 12.2. The number of nitrogens with one attached hydrogen (secondary N) is 2. The van der Waals surface area contributed by atoms with Gasteiger partial charge < -0.3 is 30.6 Å². The number of carbonyl (C=O) groups excluding carboxylic acids is 3. The number of ether oxygens (including phenoxy) is 1. The number of amides is 3. The lowest BCUT2D eigenvalue weighted by Gasteiger charge is -2.25. The van der Waals surface area contributed by atoms with Crippen molar-refractivity contribution in [2.75, 3.05) is 19.0 Å². The molecule has 0 radical (unpaired) electrons. The Morgan fingerprint density at radius 1 is 1.05 bits per heavy atom. The van der Waals surface area contributed by atoms with Crippen LogP contribution < -0.4 is 16.4 Å². The summed E-state index contributed by atoms with van der Waals surface area (Å²) in [5.41, 5.74) is 6.69. The highest BCUT2D eigenvalue weighted by atomic mass is 35.5. The van der Waals surface area contributed by atoms with E-state index in [1.165, 1.54) is 6.33 Å². The summed E-state index contributed by atoms with van der Waals surface area (Å²) in [6, 6.07) is 18.2. The van der Waals surface area contributed by atoms with Crippen molar-refractivity contribution in [1.29, 1.82) is 0 Å². The third-order valence-electron chi connectivity index (χ3n) is 6.06. The molecule has 40 heavy (non-hydrogen) atoms. The van der Waals surface area contributed by atoms with Crippen LogP contribution in [0.4, 0.5) is 5.82 Å². The number of hydrogen-bond acceptors (Lipinski definition) is 6. The zero-order valence-corrected chi connectivity index (χ0v) is 24.7. The molecule has 0 saturated carbocycles. The maximum absolute atomic E-state index is 13.0. The van der Waals surface area contributed by atoms with Crippen molar-refractivity contribution in [3.63, 3.8) is 0 Å². The highest BCUT2D eigenvalue weighted by Crippen LogP contribution is 2.18. The molecule has 2 aromatic carbocycles. The van der Waals surface area contributed by atoms with Gasteiger partial charge in [0, 0.05) is 13.2 Å². The van der Waals surface area contributed by atoms with Crippen LogP contribution in [0.25, 0.3) is 0 Å². The molecule has 3 amide bonds. The van der Waals surface area contributed by atoms with E-state index in [2.05, 4.69) is 15.6 Å². The maximum Gasteiger partial charge on any atom is 0.250 e. The van der Waals surface area contributed by atoms with Gasteiger partial charge in [0.2, 0.25) is 11.8 Å². The predicted octanol–water partition coefficient (Wildman–Crippen LogP) is 3.32. The number of carbonyl (C=O) groups is 3. The second-order valence-corrected chi connectivity index (χ2v) is 9.76. The monoisotopic (exact) mass is 592 g/mol. The zero-order chi connectivity index (χ0) is 27.7. The molecule has 0 aliphatic heterocycles. The minimum absolute atomic E-state index is 0. The van der Waals surface area contributed by atoms with Gasteiger partial charge in [-0.3, -0.25) is 14.4 Å². The van der Waals surface area contributed by atoms with Crippen molar-refractivity contribution in [1.82, 2.24) is 19.8 Å².